The van der Waals surface area contributed by atoms with Crippen molar-refractivity contribution < 1.29 is 27.6 Å². The summed E-state index contributed by atoms with van der Waals surface area (Å²) in [5.41, 5.74) is -0.799. The summed E-state index contributed by atoms with van der Waals surface area (Å²) < 4.78 is 44.4. The van der Waals surface area contributed by atoms with Crippen molar-refractivity contribution in [1.29, 1.82) is 0 Å². The first-order valence-corrected chi connectivity index (χ1v) is 11.3. The molecular formula is C23H12ClF3N2O4S2. The third-order valence-electron chi connectivity index (χ3n) is 4.75. The molecule has 0 spiro atoms. The summed E-state index contributed by atoms with van der Waals surface area (Å²) in [5.74, 6) is -0.488. The number of rotatable bonds is 5. The molecule has 0 saturated carbocycles. The summed E-state index contributed by atoms with van der Waals surface area (Å²) in [7, 11) is 0. The molecule has 6 nitrogen and oxygen atoms in total. The van der Waals surface area contributed by atoms with Crippen LogP contribution in [0.4, 0.5) is 24.5 Å². The Bertz CT molecular complexity index is 1380. The molecule has 0 atom stereocenters. The molecule has 0 radical (unpaired) electrons. The number of carbonyl (C=O) groups excluding carboxylic acids is 1. The van der Waals surface area contributed by atoms with Gasteiger partial charge in [0.05, 0.1) is 21.1 Å². The fraction of sp³-hybridized carbons (Fsp3) is 0.0435. The van der Waals surface area contributed by atoms with Crippen molar-refractivity contribution in [2.45, 2.75) is 6.18 Å². The molecule has 0 N–H and O–H groups in total. The summed E-state index contributed by atoms with van der Waals surface area (Å²) in [6, 6.07) is 14.9. The van der Waals surface area contributed by atoms with E-state index in [9.17, 15) is 28.1 Å². The second-order valence-corrected chi connectivity index (χ2v) is 9.22. The zero-order valence-corrected chi connectivity index (χ0v) is 19.7. The lowest BCUT2D eigenvalue weighted by molar-refractivity contribution is -0.385. The van der Waals surface area contributed by atoms with Gasteiger partial charge in [0.2, 0.25) is 5.75 Å². The van der Waals surface area contributed by atoms with Gasteiger partial charge in [0.25, 0.3) is 5.91 Å². The maximum atomic E-state index is 12.9. The van der Waals surface area contributed by atoms with E-state index in [2.05, 4.69) is 0 Å². The zero-order chi connectivity index (χ0) is 25.3. The molecule has 1 fully saturated rings. The quantitative estimate of drug-likeness (QED) is 0.146. The molecule has 3 aromatic rings. The van der Waals surface area contributed by atoms with E-state index in [0.29, 0.717) is 37.6 Å². The van der Waals surface area contributed by atoms with Gasteiger partial charge in [0.1, 0.15) is 5.75 Å². The predicted molar refractivity (Wildman–Crippen MR) is 132 cm³/mol. The molecule has 4 rings (SSSR count). The molecular weight excluding hydrogens is 525 g/mol. The minimum Gasteiger partial charge on any atom is -0.450 e. The van der Waals surface area contributed by atoms with Crippen molar-refractivity contribution in [3.8, 4) is 11.5 Å². The lowest BCUT2D eigenvalue weighted by atomic mass is 10.1. The van der Waals surface area contributed by atoms with E-state index in [-0.39, 0.29) is 17.4 Å². The molecule has 0 aromatic heterocycles. The van der Waals surface area contributed by atoms with Gasteiger partial charge in [-0.3, -0.25) is 19.8 Å². The van der Waals surface area contributed by atoms with Gasteiger partial charge in [-0.15, -0.1) is 0 Å². The van der Waals surface area contributed by atoms with Crippen LogP contribution in [-0.4, -0.2) is 15.2 Å². The molecule has 0 aliphatic carbocycles. The van der Waals surface area contributed by atoms with Gasteiger partial charge in [0, 0.05) is 11.1 Å². The number of alkyl halides is 3. The highest BCUT2D eigenvalue weighted by Gasteiger charge is 2.34. The largest absolute Gasteiger partial charge is 0.450 e. The predicted octanol–water partition coefficient (Wildman–Crippen LogP) is 7.47. The SMILES string of the molecule is O=C1/C(=C\c2ccc(Oc3ccc(C(F)(F)F)cc3[N+](=O)[O-])cc2)SC(=S)N1c1cccc(Cl)c1. The van der Waals surface area contributed by atoms with Crippen LogP contribution >= 0.6 is 35.6 Å². The van der Waals surface area contributed by atoms with Crippen LogP contribution in [0.5, 0.6) is 11.5 Å². The van der Waals surface area contributed by atoms with Gasteiger partial charge in [-0.05, 0) is 54.1 Å². The van der Waals surface area contributed by atoms with Crippen molar-refractivity contribution in [1.82, 2.24) is 0 Å². The number of amides is 1. The Morgan fingerprint density at radius 2 is 1.80 bits per heavy atom. The van der Waals surface area contributed by atoms with Gasteiger partial charge < -0.3 is 4.74 Å². The number of carbonyl (C=O) groups is 1. The topological polar surface area (TPSA) is 72.7 Å². The van der Waals surface area contributed by atoms with Gasteiger partial charge >= 0.3 is 11.9 Å². The fourth-order valence-corrected chi connectivity index (χ4v) is 4.62. The van der Waals surface area contributed by atoms with E-state index in [1.54, 1.807) is 42.5 Å². The first-order chi connectivity index (χ1) is 16.5. The second kappa shape index (κ2) is 9.68. The first kappa shape index (κ1) is 24.7. The molecule has 3 aromatic carbocycles. The summed E-state index contributed by atoms with van der Waals surface area (Å²) in [4.78, 5) is 24.9. The highest BCUT2D eigenvalue weighted by molar-refractivity contribution is 8.27. The molecule has 35 heavy (non-hydrogen) atoms. The van der Waals surface area contributed by atoms with Crippen LogP contribution in [-0.2, 0) is 11.0 Å². The minimum absolute atomic E-state index is 0.163. The summed E-state index contributed by atoms with van der Waals surface area (Å²) in [6.45, 7) is 0. The van der Waals surface area contributed by atoms with Crippen molar-refractivity contribution in [2.75, 3.05) is 4.90 Å². The van der Waals surface area contributed by atoms with E-state index in [0.717, 1.165) is 17.8 Å². The summed E-state index contributed by atoms with van der Waals surface area (Å²) in [5, 5.41) is 11.7. The molecule has 0 unspecified atom stereocenters. The number of hydrogen-bond donors (Lipinski definition) is 0. The molecule has 1 amide bonds. The minimum atomic E-state index is -4.72. The number of nitrogens with zero attached hydrogens (tertiary/aromatic N) is 2. The Kier molecular flexibility index (Phi) is 6.84. The number of halogens is 4. The Morgan fingerprint density at radius 1 is 1.09 bits per heavy atom. The third kappa shape index (κ3) is 5.47. The number of ether oxygens (including phenoxy) is 1. The van der Waals surface area contributed by atoms with Gasteiger partial charge in [-0.1, -0.05) is 53.8 Å². The smallest absolute Gasteiger partial charge is 0.416 e. The Hall–Kier alpha value is -3.41. The first-order valence-electron chi connectivity index (χ1n) is 9.70. The van der Waals surface area contributed by atoms with Crippen LogP contribution in [0.2, 0.25) is 5.02 Å². The van der Waals surface area contributed by atoms with Crippen LogP contribution in [0.1, 0.15) is 11.1 Å². The lowest BCUT2D eigenvalue weighted by Crippen LogP contribution is -2.27. The normalized spacial score (nSPS) is 15.1. The average molecular weight is 537 g/mol. The number of nitro benzene ring substituents is 1. The standard InChI is InChI=1S/C23H12ClF3N2O4S2/c24-15-2-1-3-16(12-15)28-21(30)20(35-22(28)34)10-13-4-7-17(8-5-13)33-19-9-6-14(23(25,26)27)11-18(19)29(31)32/h1-12H/b20-10+. The van der Waals surface area contributed by atoms with Crippen LogP contribution in [0.3, 0.4) is 0 Å². The number of thioether (sulfide) groups is 1. The summed E-state index contributed by atoms with van der Waals surface area (Å²) >= 11 is 12.5. The number of benzene rings is 3. The van der Waals surface area contributed by atoms with Crippen molar-refractivity contribution >= 4 is 63.3 Å². The molecule has 1 heterocycles. The molecule has 178 valence electrons. The third-order valence-corrected chi connectivity index (χ3v) is 6.29. The van der Waals surface area contributed by atoms with Crippen LogP contribution in [0.15, 0.2) is 71.6 Å². The van der Waals surface area contributed by atoms with Crippen molar-refractivity contribution in [3.63, 3.8) is 0 Å². The maximum absolute atomic E-state index is 12.9. The zero-order valence-electron chi connectivity index (χ0n) is 17.3. The second-order valence-electron chi connectivity index (χ2n) is 7.11. The van der Waals surface area contributed by atoms with Crippen LogP contribution in [0.25, 0.3) is 6.08 Å². The average Bonchev–Trinajstić information content (AvgIpc) is 3.07. The van der Waals surface area contributed by atoms with E-state index < -0.39 is 22.4 Å². The number of hydrogen-bond acceptors (Lipinski definition) is 6. The molecule has 1 saturated heterocycles. The number of thiocarbonyl (C=S) groups is 1. The fourth-order valence-electron chi connectivity index (χ4n) is 3.14. The van der Waals surface area contributed by atoms with E-state index >= 15 is 0 Å². The van der Waals surface area contributed by atoms with E-state index in [4.69, 9.17) is 28.6 Å². The molecule has 12 heteroatoms. The Morgan fingerprint density at radius 3 is 2.43 bits per heavy atom. The molecule has 1 aliphatic rings. The van der Waals surface area contributed by atoms with Crippen molar-refractivity contribution in [3.05, 3.63) is 97.9 Å². The maximum Gasteiger partial charge on any atom is 0.416 e. The Labute approximate surface area is 211 Å². The lowest BCUT2D eigenvalue weighted by Gasteiger charge is -2.14. The van der Waals surface area contributed by atoms with Gasteiger partial charge in [0.15, 0.2) is 4.32 Å². The molecule has 1 aliphatic heterocycles. The van der Waals surface area contributed by atoms with E-state index in [1.807, 2.05) is 0 Å². The van der Waals surface area contributed by atoms with Gasteiger partial charge in [-0.2, -0.15) is 13.2 Å². The number of anilines is 1. The highest BCUT2D eigenvalue weighted by Crippen LogP contribution is 2.39. The summed E-state index contributed by atoms with van der Waals surface area (Å²) in [6.07, 6.45) is -3.10. The Balaban J connectivity index is 1.54. The van der Waals surface area contributed by atoms with Gasteiger partial charge in [-0.25, -0.2) is 0 Å². The highest BCUT2D eigenvalue weighted by atomic mass is 35.5. The van der Waals surface area contributed by atoms with E-state index in [1.165, 1.54) is 17.0 Å². The molecule has 0 bridgehead atoms. The van der Waals surface area contributed by atoms with Crippen molar-refractivity contribution in [2.24, 2.45) is 0 Å². The monoisotopic (exact) mass is 536 g/mol. The number of nitro groups is 1. The van der Waals surface area contributed by atoms with Crippen LogP contribution in [0, 0.1) is 10.1 Å². The van der Waals surface area contributed by atoms with Crippen LogP contribution < -0.4 is 9.64 Å².